The average Bonchev–Trinajstić information content (AvgIpc) is 3.42. The van der Waals surface area contributed by atoms with Crippen LogP contribution >= 0.6 is 0 Å². The van der Waals surface area contributed by atoms with E-state index in [1.807, 2.05) is 30.2 Å². The number of aromatic nitrogens is 4. The lowest BCUT2D eigenvalue weighted by molar-refractivity contribution is 0.0746. The Labute approximate surface area is 167 Å². The van der Waals surface area contributed by atoms with Gasteiger partial charge in [0.15, 0.2) is 17.3 Å². The van der Waals surface area contributed by atoms with Crippen LogP contribution in [0.3, 0.4) is 0 Å². The van der Waals surface area contributed by atoms with Gasteiger partial charge in [-0.05, 0) is 31.2 Å². The predicted molar refractivity (Wildman–Crippen MR) is 105 cm³/mol. The Morgan fingerprint density at radius 1 is 0.966 bits per heavy atom. The van der Waals surface area contributed by atoms with Crippen LogP contribution in [-0.2, 0) is 0 Å². The molecule has 2 aliphatic heterocycles. The van der Waals surface area contributed by atoms with E-state index in [0.29, 0.717) is 43.2 Å². The lowest BCUT2D eigenvalue weighted by Gasteiger charge is -2.35. The van der Waals surface area contributed by atoms with Crippen LogP contribution in [0.15, 0.2) is 42.9 Å². The van der Waals surface area contributed by atoms with Crippen LogP contribution in [-0.4, -0.2) is 63.5 Å². The first-order valence-electron chi connectivity index (χ1n) is 9.46. The number of piperazine rings is 1. The van der Waals surface area contributed by atoms with Gasteiger partial charge in [-0.25, -0.2) is 14.6 Å². The summed E-state index contributed by atoms with van der Waals surface area (Å²) in [4.78, 5) is 25.6. The van der Waals surface area contributed by atoms with Crippen molar-refractivity contribution in [1.82, 2.24) is 24.6 Å². The van der Waals surface area contributed by atoms with Crippen molar-refractivity contribution in [2.24, 2.45) is 0 Å². The highest BCUT2D eigenvalue weighted by molar-refractivity contribution is 5.95. The van der Waals surface area contributed by atoms with E-state index < -0.39 is 0 Å². The largest absolute Gasteiger partial charge is 0.454 e. The molecule has 0 atom stereocenters. The smallest absolute Gasteiger partial charge is 0.254 e. The minimum absolute atomic E-state index is 0.00153. The third-order valence-electron chi connectivity index (χ3n) is 5.11. The Morgan fingerprint density at radius 3 is 2.55 bits per heavy atom. The van der Waals surface area contributed by atoms with Crippen molar-refractivity contribution in [3.05, 3.63) is 54.1 Å². The van der Waals surface area contributed by atoms with E-state index in [1.165, 1.54) is 0 Å². The van der Waals surface area contributed by atoms with Gasteiger partial charge in [0.05, 0.1) is 5.69 Å². The molecule has 5 rings (SSSR count). The Kier molecular flexibility index (Phi) is 4.27. The van der Waals surface area contributed by atoms with E-state index in [-0.39, 0.29) is 12.7 Å². The van der Waals surface area contributed by atoms with E-state index in [4.69, 9.17) is 9.47 Å². The molecule has 0 bridgehead atoms. The van der Waals surface area contributed by atoms with Crippen LogP contribution < -0.4 is 14.4 Å². The number of amides is 1. The average molecular weight is 392 g/mol. The predicted octanol–water partition coefficient (Wildman–Crippen LogP) is 1.66. The number of nitrogens with zero attached hydrogens (tertiary/aromatic N) is 6. The molecule has 1 aromatic carbocycles. The van der Waals surface area contributed by atoms with Gasteiger partial charge in [0, 0.05) is 44.0 Å². The summed E-state index contributed by atoms with van der Waals surface area (Å²) in [5.74, 6) is 2.86. The summed E-state index contributed by atoms with van der Waals surface area (Å²) < 4.78 is 12.4. The minimum Gasteiger partial charge on any atom is -0.454 e. The highest BCUT2D eigenvalue weighted by Gasteiger charge is 2.25. The molecule has 0 N–H and O–H groups in total. The zero-order chi connectivity index (χ0) is 19.8. The van der Waals surface area contributed by atoms with E-state index in [1.54, 1.807) is 29.2 Å². The van der Waals surface area contributed by atoms with Gasteiger partial charge in [-0.2, -0.15) is 5.10 Å². The van der Waals surface area contributed by atoms with Crippen molar-refractivity contribution >= 4 is 11.7 Å². The van der Waals surface area contributed by atoms with Crippen molar-refractivity contribution in [3.63, 3.8) is 0 Å². The maximum Gasteiger partial charge on any atom is 0.254 e. The standard InChI is InChI=1S/C20H20N6O3/c1-14-4-5-26(23-14)19-11-18(21-12-22-19)24-6-8-25(9-7-24)20(27)15-2-3-16-17(10-15)29-13-28-16/h2-5,10-12H,6-9,13H2,1H3. The number of hydrogen-bond acceptors (Lipinski definition) is 7. The van der Waals surface area contributed by atoms with Crippen molar-refractivity contribution < 1.29 is 14.3 Å². The number of carbonyl (C=O) groups is 1. The number of ether oxygens (including phenoxy) is 2. The van der Waals surface area contributed by atoms with Gasteiger partial charge in [-0.15, -0.1) is 0 Å². The highest BCUT2D eigenvalue weighted by atomic mass is 16.7. The third kappa shape index (κ3) is 3.35. The minimum atomic E-state index is -0.00153. The maximum atomic E-state index is 12.9. The van der Waals surface area contributed by atoms with Gasteiger partial charge in [0.1, 0.15) is 12.1 Å². The molecule has 9 heteroatoms. The molecule has 148 valence electrons. The molecule has 0 unspecified atom stereocenters. The zero-order valence-corrected chi connectivity index (χ0v) is 16.0. The highest BCUT2D eigenvalue weighted by Crippen LogP contribution is 2.33. The van der Waals surface area contributed by atoms with Gasteiger partial charge in [0.2, 0.25) is 6.79 Å². The van der Waals surface area contributed by atoms with Crippen LogP contribution in [0, 0.1) is 6.92 Å². The quantitative estimate of drug-likeness (QED) is 0.670. The van der Waals surface area contributed by atoms with Gasteiger partial charge in [-0.1, -0.05) is 0 Å². The molecule has 0 aliphatic carbocycles. The molecular weight excluding hydrogens is 372 g/mol. The molecule has 0 radical (unpaired) electrons. The first kappa shape index (κ1) is 17.5. The number of rotatable bonds is 3. The zero-order valence-electron chi connectivity index (χ0n) is 16.0. The molecule has 2 aliphatic rings. The molecule has 2 aromatic heterocycles. The van der Waals surface area contributed by atoms with E-state index >= 15 is 0 Å². The van der Waals surface area contributed by atoms with Crippen molar-refractivity contribution in [1.29, 1.82) is 0 Å². The first-order chi connectivity index (χ1) is 14.2. The molecule has 9 nitrogen and oxygen atoms in total. The second kappa shape index (κ2) is 7.08. The molecule has 29 heavy (non-hydrogen) atoms. The summed E-state index contributed by atoms with van der Waals surface area (Å²) in [5, 5.41) is 4.40. The number of aryl methyl sites for hydroxylation is 1. The molecule has 0 spiro atoms. The third-order valence-corrected chi connectivity index (χ3v) is 5.11. The fourth-order valence-electron chi connectivity index (χ4n) is 3.53. The SMILES string of the molecule is Cc1ccn(-c2cc(N3CCN(C(=O)c4ccc5c(c4)OCO5)CC3)ncn2)n1. The molecule has 1 saturated heterocycles. The molecule has 0 saturated carbocycles. The Hall–Kier alpha value is -3.62. The number of fused-ring (bicyclic) bond motifs is 1. The fourth-order valence-corrected chi connectivity index (χ4v) is 3.53. The van der Waals surface area contributed by atoms with Crippen LogP contribution in [0.2, 0.25) is 0 Å². The first-order valence-corrected chi connectivity index (χ1v) is 9.46. The number of carbonyl (C=O) groups excluding carboxylic acids is 1. The summed E-state index contributed by atoms with van der Waals surface area (Å²) in [6, 6.07) is 9.17. The van der Waals surface area contributed by atoms with E-state index in [2.05, 4.69) is 20.0 Å². The Bertz CT molecular complexity index is 1060. The Morgan fingerprint density at radius 2 is 1.76 bits per heavy atom. The van der Waals surface area contributed by atoms with E-state index in [9.17, 15) is 4.79 Å². The monoisotopic (exact) mass is 392 g/mol. The van der Waals surface area contributed by atoms with Crippen LogP contribution in [0.4, 0.5) is 5.82 Å². The number of benzene rings is 1. The van der Waals surface area contributed by atoms with Crippen LogP contribution in [0.5, 0.6) is 11.5 Å². The van der Waals surface area contributed by atoms with Crippen molar-refractivity contribution in [2.45, 2.75) is 6.92 Å². The summed E-state index contributed by atoms with van der Waals surface area (Å²) in [6.07, 6.45) is 3.43. The normalized spacial score (nSPS) is 15.6. The second-order valence-electron chi connectivity index (χ2n) is 6.98. The van der Waals surface area contributed by atoms with Crippen molar-refractivity contribution in [3.8, 4) is 17.3 Å². The van der Waals surface area contributed by atoms with Crippen LogP contribution in [0.25, 0.3) is 5.82 Å². The topological polar surface area (TPSA) is 85.6 Å². The van der Waals surface area contributed by atoms with Gasteiger partial charge in [0.25, 0.3) is 5.91 Å². The van der Waals surface area contributed by atoms with E-state index in [0.717, 1.165) is 17.3 Å². The lowest BCUT2D eigenvalue weighted by Crippen LogP contribution is -2.49. The van der Waals surface area contributed by atoms with Gasteiger partial charge >= 0.3 is 0 Å². The van der Waals surface area contributed by atoms with Crippen molar-refractivity contribution in [2.75, 3.05) is 37.9 Å². The van der Waals surface area contributed by atoms with Gasteiger partial charge < -0.3 is 19.3 Å². The fraction of sp³-hybridized carbons (Fsp3) is 0.300. The summed E-state index contributed by atoms with van der Waals surface area (Å²) >= 11 is 0. The second-order valence-corrected chi connectivity index (χ2v) is 6.98. The molecule has 4 heterocycles. The molecule has 1 fully saturated rings. The molecular formula is C20H20N6O3. The molecule has 1 amide bonds. The lowest BCUT2D eigenvalue weighted by atomic mass is 10.1. The Balaban J connectivity index is 1.26. The number of hydrogen-bond donors (Lipinski definition) is 0. The summed E-state index contributed by atoms with van der Waals surface area (Å²) in [7, 11) is 0. The number of anilines is 1. The maximum absolute atomic E-state index is 12.9. The summed E-state index contributed by atoms with van der Waals surface area (Å²) in [6.45, 7) is 4.77. The summed E-state index contributed by atoms with van der Waals surface area (Å²) in [5.41, 5.74) is 1.54. The van der Waals surface area contributed by atoms with Crippen LogP contribution in [0.1, 0.15) is 16.1 Å². The molecule has 3 aromatic rings. The van der Waals surface area contributed by atoms with Gasteiger partial charge in [-0.3, -0.25) is 4.79 Å².